The third kappa shape index (κ3) is 1.57. The van der Waals surface area contributed by atoms with Crippen LogP contribution >= 0.6 is 0 Å². The predicted molar refractivity (Wildman–Crippen MR) is 76.0 cm³/mol. The van der Waals surface area contributed by atoms with Crippen molar-refractivity contribution in [2.24, 2.45) is 0 Å². The maximum Gasteiger partial charge on any atom is 0.0968 e. The molecule has 0 atom stereocenters. The van der Waals surface area contributed by atoms with Crippen molar-refractivity contribution in [3.05, 3.63) is 46.8 Å². The van der Waals surface area contributed by atoms with Gasteiger partial charge in [-0.25, -0.2) is 0 Å². The summed E-state index contributed by atoms with van der Waals surface area (Å²) in [5.41, 5.74) is 6.64. The third-order valence-corrected chi connectivity index (χ3v) is 3.66. The summed E-state index contributed by atoms with van der Waals surface area (Å²) in [6.45, 7) is 8.29. The second kappa shape index (κ2) is 3.77. The van der Waals surface area contributed by atoms with Crippen molar-refractivity contribution in [2.45, 2.75) is 27.7 Å². The van der Waals surface area contributed by atoms with E-state index in [0.717, 1.165) is 22.4 Å². The smallest absolute Gasteiger partial charge is 0.0968 e. The van der Waals surface area contributed by atoms with Crippen LogP contribution in [0.25, 0.3) is 21.8 Å². The van der Waals surface area contributed by atoms with Gasteiger partial charge in [0.2, 0.25) is 0 Å². The number of aromatic nitrogens is 2. The normalized spacial score (nSPS) is 11.3. The van der Waals surface area contributed by atoms with Gasteiger partial charge in [-0.15, -0.1) is 0 Å². The van der Waals surface area contributed by atoms with Gasteiger partial charge < -0.3 is 0 Å². The molecule has 0 unspecified atom stereocenters. The highest BCUT2D eigenvalue weighted by Crippen LogP contribution is 2.25. The largest absolute Gasteiger partial charge is 0.251 e. The van der Waals surface area contributed by atoms with E-state index in [9.17, 15) is 0 Å². The lowest BCUT2D eigenvalue weighted by Crippen LogP contribution is -1.93. The highest BCUT2D eigenvalue weighted by Gasteiger charge is 2.07. The molecule has 0 saturated carbocycles. The molecule has 0 saturated heterocycles. The zero-order valence-corrected chi connectivity index (χ0v) is 11.2. The summed E-state index contributed by atoms with van der Waals surface area (Å²) in [5, 5.41) is 2.34. The summed E-state index contributed by atoms with van der Waals surface area (Å²) in [5.74, 6) is 0. The van der Waals surface area contributed by atoms with Crippen molar-refractivity contribution in [3.8, 4) is 0 Å². The van der Waals surface area contributed by atoms with Gasteiger partial charge in [-0.2, -0.15) is 0 Å². The van der Waals surface area contributed by atoms with Gasteiger partial charge in [0.1, 0.15) is 0 Å². The topological polar surface area (TPSA) is 25.8 Å². The summed E-state index contributed by atoms with van der Waals surface area (Å²) < 4.78 is 0. The number of pyridine rings is 2. The summed E-state index contributed by atoms with van der Waals surface area (Å²) in [6, 6.07) is 8.64. The Morgan fingerprint density at radius 2 is 1.06 bits per heavy atom. The van der Waals surface area contributed by atoms with Gasteiger partial charge in [-0.3, -0.25) is 9.97 Å². The lowest BCUT2D eigenvalue weighted by Gasteiger charge is -2.08. The average Bonchev–Trinajstić information content (AvgIpc) is 2.33. The van der Waals surface area contributed by atoms with Gasteiger partial charge in [0.05, 0.1) is 11.0 Å². The highest BCUT2D eigenvalue weighted by atomic mass is 14.8. The van der Waals surface area contributed by atoms with Crippen molar-refractivity contribution in [3.63, 3.8) is 0 Å². The van der Waals surface area contributed by atoms with E-state index in [1.54, 1.807) is 0 Å². The quantitative estimate of drug-likeness (QED) is 0.551. The molecule has 18 heavy (non-hydrogen) atoms. The first-order chi connectivity index (χ1) is 8.56. The maximum absolute atomic E-state index is 4.71. The molecular weight excluding hydrogens is 220 g/mol. The van der Waals surface area contributed by atoms with Crippen LogP contribution in [0.1, 0.15) is 22.5 Å². The first-order valence-electron chi connectivity index (χ1n) is 6.21. The standard InChI is InChI=1S/C16H16N2/c1-9-7-13-5-6-14-8-10(2)12(4)18-16(14)15(13)17-11(9)3/h5-8H,1-4H3. The predicted octanol–water partition coefficient (Wildman–Crippen LogP) is 4.02. The second-order valence-electron chi connectivity index (χ2n) is 4.99. The summed E-state index contributed by atoms with van der Waals surface area (Å²) in [7, 11) is 0. The van der Waals surface area contributed by atoms with Gasteiger partial charge in [0.25, 0.3) is 0 Å². The first kappa shape index (κ1) is 11.1. The van der Waals surface area contributed by atoms with Crippen molar-refractivity contribution in [1.29, 1.82) is 0 Å². The Hall–Kier alpha value is -1.96. The van der Waals surface area contributed by atoms with Crippen LogP contribution < -0.4 is 0 Å². The van der Waals surface area contributed by atoms with E-state index < -0.39 is 0 Å². The lowest BCUT2D eigenvalue weighted by molar-refractivity contribution is 1.17. The van der Waals surface area contributed by atoms with E-state index in [4.69, 9.17) is 9.97 Å². The Balaban J connectivity index is 2.52. The Labute approximate surface area is 107 Å². The number of hydrogen-bond donors (Lipinski definition) is 0. The fourth-order valence-corrected chi connectivity index (χ4v) is 2.27. The van der Waals surface area contributed by atoms with Crippen LogP contribution in [0.2, 0.25) is 0 Å². The molecule has 0 N–H and O–H groups in total. The lowest BCUT2D eigenvalue weighted by atomic mass is 10.1. The molecule has 90 valence electrons. The molecule has 0 fully saturated rings. The molecule has 1 aromatic carbocycles. The van der Waals surface area contributed by atoms with E-state index in [2.05, 4.69) is 52.0 Å². The molecule has 0 aliphatic carbocycles. The number of aryl methyl sites for hydroxylation is 4. The van der Waals surface area contributed by atoms with Crippen LogP contribution in [0.4, 0.5) is 0 Å². The molecule has 0 bridgehead atoms. The zero-order chi connectivity index (χ0) is 12.9. The SMILES string of the molecule is Cc1cc2ccc3cc(C)c(C)nc3c2nc1C. The molecule has 2 heteroatoms. The Morgan fingerprint density at radius 3 is 1.44 bits per heavy atom. The fraction of sp³-hybridized carbons (Fsp3) is 0.250. The van der Waals surface area contributed by atoms with Crippen molar-refractivity contribution in [2.75, 3.05) is 0 Å². The van der Waals surface area contributed by atoms with Gasteiger partial charge in [-0.05, 0) is 51.0 Å². The Bertz CT molecular complexity index is 706. The Kier molecular flexibility index (Phi) is 2.34. The van der Waals surface area contributed by atoms with Crippen LogP contribution in [0.3, 0.4) is 0 Å². The first-order valence-corrected chi connectivity index (χ1v) is 6.21. The number of fused-ring (bicyclic) bond motifs is 3. The van der Waals surface area contributed by atoms with Gasteiger partial charge in [0.15, 0.2) is 0 Å². The van der Waals surface area contributed by atoms with Crippen LogP contribution in [0, 0.1) is 27.7 Å². The van der Waals surface area contributed by atoms with E-state index in [0.29, 0.717) is 0 Å². The monoisotopic (exact) mass is 236 g/mol. The minimum Gasteiger partial charge on any atom is -0.251 e. The molecule has 2 heterocycles. The van der Waals surface area contributed by atoms with E-state index in [1.807, 2.05) is 0 Å². The minimum atomic E-state index is 1.01. The van der Waals surface area contributed by atoms with Crippen LogP contribution in [0.15, 0.2) is 24.3 Å². The van der Waals surface area contributed by atoms with Gasteiger partial charge in [0, 0.05) is 22.2 Å². The maximum atomic E-state index is 4.71. The van der Waals surface area contributed by atoms with Crippen LogP contribution in [0.5, 0.6) is 0 Å². The highest BCUT2D eigenvalue weighted by molar-refractivity contribution is 6.03. The van der Waals surface area contributed by atoms with Crippen LogP contribution in [-0.4, -0.2) is 9.97 Å². The summed E-state index contributed by atoms with van der Waals surface area (Å²) >= 11 is 0. The molecule has 0 amide bonds. The number of nitrogens with zero attached hydrogens (tertiary/aromatic N) is 2. The van der Waals surface area contributed by atoms with Crippen LogP contribution in [-0.2, 0) is 0 Å². The molecule has 3 rings (SSSR count). The summed E-state index contributed by atoms with van der Waals surface area (Å²) in [4.78, 5) is 9.42. The third-order valence-electron chi connectivity index (χ3n) is 3.66. The van der Waals surface area contributed by atoms with Crippen molar-refractivity contribution >= 4 is 21.8 Å². The van der Waals surface area contributed by atoms with Gasteiger partial charge in [-0.1, -0.05) is 12.1 Å². The summed E-state index contributed by atoms with van der Waals surface area (Å²) in [6.07, 6.45) is 0. The minimum absolute atomic E-state index is 1.01. The van der Waals surface area contributed by atoms with Gasteiger partial charge >= 0.3 is 0 Å². The molecule has 3 aromatic rings. The molecule has 0 spiro atoms. The van der Waals surface area contributed by atoms with Crippen molar-refractivity contribution in [1.82, 2.24) is 9.97 Å². The number of benzene rings is 1. The number of rotatable bonds is 0. The Morgan fingerprint density at radius 1 is 0.667 bits per heavy atom. The van der Waals surface area contributed by atoms with E-state index >= 15 is 0 Å². The molecule has 0 aliphatic rings. The van der Waals surface area contributed by atoms with E-state index in [-0.39, 0.29) is 0 Å². The fourth-order valence-electron chi connectivity index (χ4n) is 2.27. The molecule has 0 radical (unpaired) electrons. The zero-order valence-electron chi connectivity index (χ0n) is 11.2. The number of hydrogen-bond acceptors (Lipinski definition) is 2. The van der Waals surface area contributed by atoms with Crippen molar-refractivity contribution < 1.29 is 0 Å². The van der Waals surface area contributed by atoms with E-state index in [1.165, 1.54) is 21.9 Å². The molecule has 2 nitrogen and oxygen atoms in total. The molecular formula is C16H16N2. The molecule has 2 aromatic heterocycles. The average molecular weight is 236 g/mol. The molecule has 0 aliphatic heterocycles. The second-order valence-corrected chi connectivity index (χ2v) is 4.99.